The molecule has 0 saturated heterocycles. The molecule has 0 unspecified atom stereocenters. The summed E-state index contributed by atoms with van der Waals surface area (Å²) in [6.45, 7) is 6.61. The quantitative estimate of drug-likeness (QED) is 0.232. The number of nitrogens with one attached hydrogen (secondary N) is 2. The molecule has 8 heteroatoms. The third-order valence-corrected chi connectivity index (χ3v) is 5.33. The van der Waals surface area contributed by atoms with Crippen LogP contribution in [0.15, 0.2) is 73.3 Å². The fourth-order valence-electron chi connectivity index (χ4n) is 3.42. The fraction of sp³-hybridized carbons (Fsp3) is 0.222. The Kier molecular flexibility index (Phi) is 8.68. The summed E-state index contributed by atoms with van der Waals surface area (Å²) in [5.41, 5.74) is 6.13. The lowest BCUT2D eigenvalue weighted by Gasteiger charge is -2.16. The maximum Gasteiger partial charge on any atom is 0.417 e. The van der Waals surface area contributed by atoms with Crippen molar-refractivity contribution >= 4 is 11.7 Å². The molecule has 0 heterocycles. The summed E-state index contributed by atoms with van der Waals surface area (Å²) in [7, 11) is 0. The van der Waals surface area contributed by atoms with Crippen LogP contribution in [-0.4, -0.2) is 17.6 Å². The zero-order valence-corrected chi connectivity index (χ0v) is 19.3. The minimum absolute atomic E-state index is 0.0509. The molecule has 0 fully saturated rings. The predicted molar refractivity (Wildman–Crippen MR) is 129 cm³/mol. The molecular formula is C27H27F3N2O3. The molecule has 0 aromatic heterocycles. The number of benzene rings is 3. The van der Waals surface area contributed by atoms with E-state index < -0.39 is 17.7 Å². The molecule has 0 aliphatic heterocycles. The number of carboxylic acid groups (broad SMARTS) is 1. The standard InChI is InChI=1S/C27H27F3N2O3/c1-18-3-8-23(9-4-18)24-12-7-21(15-25(24)27(28,29)30)17-35-32-19(2)22-10-5-20(6-11-22)16-31-14-13-26(33)34/h3-12,15,31-32H,2,13-14,16-17H2,1H3,(H,33,34). The first-order valence-electron chi connectivity index (χ1n) is 11.0. The van der Waals surface area contributed by atoms with Gasteiger partial charge in [0, 0.05) is 13.1 Å². The van der Waals surface area contributed by atoms with Gasteiger partial charge < -0.3 is 10.4 Å². The number of halogens is 3. The van der Waals surface area contributed by atoms with E-state index in [0.29, 0.717) is 29.9 Å². The highest BCUT2D eigenvalue weighted by molar-refractivity contribution is 5.69. The van der Waals surface area contributed by atoms with E-state index in [0.717, 1.165) is 22.8 Å². The molecule has 0 aliphatic rings. The highest BCUT2D eigenvalue weighted by atomic mass is 19.4. The molecular weight excluding hydrogens is 457 g/mol. The van der Waals surface area contributed by atoms with Crippen molar-refractivity contribution in [1.29, 1.82) is 0 Å². The first-order valence-corrected chi connectivity index (χ1v) is 11.0. The van der Waals surface area contributed by atoms with Crippen LogP contribution in [0, 0.1) is 6.92 Å². The minimum atomic E-state index is -4.50. The smallest absolute Gasteiger partial charge is 0.417 e. The van der Waals surface area contributed by atoms with Gasteiger partial charge in [0.25, 0.3) is 0 Å². The number of carbonyl (C=O) groups is 1. The first-order chi connectivity index (χ1) is 16.6. The van der Waals surface area contributed by atoms with Gasteiger partial charge in [0.15, 0.2) is 0 Å². The highest BCUT2D eigenvalue weighted by Crippen LogP contribution is 2.38. The topological polar surface area (TPSA) is 70.6 Å². The van der Waals surface area contributed by atoms with Crippen molar-refractivity contribution in [2.75, 3.05) is 6.54 Å². The van der Waals surface area contributed by atoms with Gasteiger partial charge in [-0.25, -0.2) is 0 Å². The molecule has 0 aliphatic carbocycles. The molecule has 0 atom stereocenters. The van der Waals surface area contributed by atoms with Gasteiger partial charge in [-0.05, 0) is 40.8 Å². The number of hydrogen-bond acceptors (Lipinski definition) is 4. The fourth-order valence-corrected chi connectivity index (χ4v) is 3.42. The molecule has 3 rings (SSSR count). The van der Waals surface area contributed by atoms with Gasteiger partial charge in [-0.1, -0.05) is 72.8 Å². The van der Waals surface area contributed by atoms with Crippen molar-refractivity contribution in [2.24, 2.45) is 0 Å². The molecule has 184 valence electrons. The molecule has 0 spiro atoms. The van der Waals surface area contributed by atoms with Crippen molar-refractivity contribution < 1.29 is 27.9 Å². The Balaban J connectivity index is 1.58. The Morgan fingerprint density at radius 2 is 1.66 bits per heavy atom. The molecule has 3 aromatic rings. The predicted octanol–water partition coefficient (Wildman–Crippen LogP) is 5.94. The van der Waals surface area contributed by atoms with Gasteiger partial charge in [0.2, 0.25) is 0 Å². The van der Waals surface area contributed by atoms with Crippen molar-refractivity contribution in [2.45, 2.75) is 32.7 Å². The lowest BCUT2D eigenvalue weighted by Crippen LogP contribution is -2.17. The van der Waals surface area contributed by atoms with Gasteiger partial charge in [0.05, 0.1) is 24.3 Å². The van der Waals surface area contributed by atoms with Gasteiger partial charge in [0.1, 0.15) is 0 Å². The van der Waals surface area contributed by atoms with Crippen LogP contribution in [0.4, 0.5) is 13.2 Å². The molecule has 0 amide bonds. The zero-order chi connectivity index (χ0) is 25.4. The van der Waals surface area contributed by atoms with E-state index in [2.05, 4.69) is 17.4 Å². The lowest BCUT2D eigenvalue weighted by atomic mass is 9.96. The first kappa shape index (κ1) is 26.0. The highest BCUT2D eigenvalue weighted by Gasteiger charge is 2.34. The SMILES string of the molecule is C=C(NOCc1ccc(-c2ccc(C)cc2)c(C(F)(F)F)c1)c1ccc(CNCCC(=O)O)cc1. The Morgan fingerprint density at radius 1 is 1.00 bits per heavy atom. The summed E-state index contributed by atoms with van der Waals surface area (Å²) in [4.78, 5) is 15.9. The number of aryl methyl sites for hydroxylation is 1. The molecule has 35 heavy (non-hydrogen) atoms. The number of hydroxylamine groups is 1. The van der Waals surface area contributed by atoms with E-state index >= 15 is 0 Å². The molecule has 3 N–H and O–H groups in total. The third-order valence-electron chi connectivity index (χ3n) is 5.33. The Bertz CT molecular complexity index is 1160. The summed E-state index contributed by atoms with van der Waals surface area (Å²) >= 11 is 0. The summed E-state index contributed by atoms with van der Waals surface area (Å²) in [6.07, 6.45) is -4.45. The van der Waals surface area contributed by atoms with Crippen molar-refractivity contribution in [1.82, 2.24) is 10.8 Å². The molecule has 0 bridgehead atoms. The lowest BCUT2D eigenvalue weighted by molar-refractivity contribution is -0.138. The van der Waals surface area contributed by atoms with Crippen LogP contribution in [0.2, 0.25) is 0 Å². The average molecular weight is 485 g/mol. The Hall–Kier alpha value is -3.62. The monoisotopic (exact) mass is 484 g/mol. The maximum atomic E-state index is 13.7. The molecule has 3 aromatic carbocycles. The van der Waals surface area contributed by atoms with Crippen molar-refractivity contribution in [3.63, 3.8) is 0 Å². The van der Waals surface area contributed by atoms with E-state index in [1.165, 1.54) is 6.07 Å². The number of carboxylic acids is 1. The molecule has 0 saturated carbocycles. The minimum Gasteiger partial charge on any atom is -0.481 e. The van der Waals surface area contributed by atoms with Crippen LogP contribution in [0.3, 0.4) is 0 Å². The maximum absolute atomic E-state index is 13.7. The van der Waals surface area contributed by atoms with E-state index in [-0.39, 0.29) is 18.6 Å². The summed E-state index contributed by atoms with van der Waals surface area (Å²) < 4.78 is 41.2. The molecule has 0 radical (unpaired) electrons. The Morgan fingerprint density at radius 3 is 2.29 bits per heavy atom. The molecule has 5 nitrogen and oxygen atoms in total. The second-order valence-corrected chi connectivity index (χ2v) is 8.13. The summed E-state index contributed by atoms with van der Waals surface area (Å²) in [5, 5.41) is 11.7. The van der Waals surface area contributed by atoms with Gasteiger partial charge in [-0.2, -0.15) is 13.2 Å². The van der Waals surface area contributed by atoms with Crippen LogP contribution in [-0.2, 0) is 29.0 Å². The number of rotatable bonds is 11. The largest absolute Gasteiger partial charge is 0.481 e. The van der Waals surface area contributed by atoms with E-state index in [1.54, 1.807) is 30.3 Å². The van der Waals surface area contributed by atoms with Crippen LogP contribution in [0.5, 0.6) is 0 Å². The van der Waals surface area contributed by atoms with Crippen LogP contribution in [0.1, 0.15) is 34.2 Å². The summed E-state index contributed by atoms with van der Waals surface area (Å²) in [5.74, 6) is -0.855. The van der Waals surface area contributed by atoms with Crippen LogP contribution in [0.25, 0.3) is 16.8 Å². The zero-order valence-electron chi connectivity index (χ0n) is 19.3. The second-order valence-electron chi connectivity index (χ2n) is 8.13. The van der Waals surface area contributed by atoms with Gasteiger partial charge >= 0.3 is 12.1 Å². The third kappa shape index (κ3) is 7.70. The second kappa shape index (κ2) is 11.7. The van der Waals surface area contributed by atoms with Crippen LogP contribution >= 0.6 is 0 Å². The van der Waals surface area contributed by atoms with E-state index in [1.807, 2.05) is 31.2 Å². The van der Waals surface area contributed by atoms with E-state index in [9.17, 15) is 18.0 Å². The van der Waals surface area contributed by atoms with Crippen molar-refractivity contribution in [3.8, 4) is 11.1 Å². The van der Waals surface area contributed by atoms with Crippen LogP contribution < -0.4 is 10.8 Å². The van der Waals surface area contributed by atoms with Crippen molar-refractivity contribution in [3.05, 3.63) is 101 Å². The number of aliphatic carboxylic acids is 1. The number of alkyl halides is 3. The van der Waals surface area contributed by atoms with E-state index in [4.69, 9.17) is 9.94 Å². The normalized spacial score (nSPS) is 11.3. The van der Waals surface area contributed by atoms with Gasteiger partial charge in [-0.3, -0.25) is 15.1 Å². The summed E-state index contributed by atoms with van der Waals surface area (Å²) in [6, 6.07) is 18.5. The number of hydrogen-bond donors (Lipinski definition) is 3. The van der Waals surface area contributed by atoms with Gasteiger partial charge in [-0.15, -0.1) is 0 Å². The Labute approximate surface area is 202 Å². The average Bonchev–Trinajstić information content (AvgIpc) is 2.82.